The zero-order chi connectivity index (χ0) is 9.97. The first-order valence-electron chi connectivity index (χ1n) is 4.93. The van der Waals surface area contributed by atoms with Crippen LogP contribution >= 0.6 is 0 Å². The number of nitrogens with zero attached hydrogens (tertiary/aromatic N) is 1. The van der Waals surface area contributed by atoms with Crippen LogP contribution in [0.4, 0.5) is 0 Å². The normalized spacial score (nSPS) is 19.9. The molecule has 1 heterocycles. The summed E-state index contributed by atoms with van der Waals surface area (Å²) in [6, 6.07) is 3.99. The summed E-state index contributed by atoms with van der Waals surface area (Å²) in [6.07, 6.45) is 6.20. The summed E-state index contributed by atoms with van der Waals surface area (Å²) in [5.41, 5.74) is 2.18. The van der Waals surface area contributed by atoms with Gasteiger partial charge in [-0.05, 0) is 37.0 Å². The van der Waals surface area contributed by atoms with Gasteiger partial charge in [0.05, 0.1) is 11.6 Å². The Kier molecular flexibility index (Phi) is 2.44. The number of aromatic nitrogens is 1. The number of carbonyl (C=O) groups excluding carboxylic acids is 1. The summed E-state index contributed by atoms with van der Waals surface area (Å²) in [4.78, 5) is 15.9. The van der Waals surface area contributed by atoms with Crippen molar-refractivity contribution in [3.8, 4) is 0 Å². The summed E-state index contributed by atoms with van der Waals surface area (Å²) in [5, 5.41) is 0. The topological polar surface area (TPSA) is 30.0 Å². The van der Waals surface area contributed by atoms with Crippen LogP contribution in [0.2, 0.25) is 0 Å². The Morgan fingerprint density at radius 3 is 3.29 bits per heavy atom. The Morgan fingerprint density at radius 1 is 1.64 bits per heavy atom. The van der Waals surface area contributed by atoms with Crippen LogP contribution in [0.5, 0.6) is 0 Å². The molecule has 1 aliphatic rings. The zero-order valence-electron chi connectivity index (χ0n) is 8.07. The van der Waals surface area contributed by atoms with Gasteiger partial charge in [-0.3, -0.25) is 9.78 Å². The molecule has 0 spiro atoms. The molecule has 1 aromatic heterocycles. The molecule has 1 atom stereocenters. The average Bonchev–Trinajstić information content (AvgIpc) is 2.27. The van der Waals surface area contributed by atoms with Crippen molar-refractivity contribution < 1.29 is 4.79 Å². The van der Waals surface area contributed by atoms with Crippen molar-refractivity contribution in [3.63, 3.8) is 0 Å². The number of allylic oxidation sites excluding steroid dienone is 1. The predicted molar refractivity (Wildman–Crippen MR) is 55.1 cm³/mol. The zero-order valence-corrected chi connectivity index (χ0v) is 8.07. The lowest BCUT2D eigenvalue weighted by Crippen LogP contribution is -2.18. The first-order valence-corrected chi connectivity index (χ1v) is 4.93. The van der Waals surface area contributed by atoms with Crippen LogP contribution in [0.25, 0.3) is 0 Å². The van der Waals surface area contributed by atoms with Crippen LogP contribution in [-0.2, 0) is 11.2 Å². The monoisotopic (exact) mass is 187 g/mol. The Labute approximate surface area is 83.7 Å². The fourth-order valence-corrected chi connectivity index (χ4v) is 2.03. The highest BCUT2D eigenvalue weighted by atomic mass is 16.1. The van der Waals surface area contributed by atoms with Crippen LogP contribution in [0.3, 0.4) is 0 Å². The van der Waals surface area contributed by atoms with E-state index < -0.39 is 0 Å². The van der Waals surface area contributed by atoms with Gasteiger partial charge in [-0.1, -0.05) is 12.6 Å². The molecule has 2 rings (SSSR count). The molecule has 0 aliphatic heterocycles. The number of aryl methyl sites for hydroxylation is 1. The number of hydrogen-bond donors (Lipinski definition) is 0. The summed E-state index contributed by atoms with van der Waals surface area (Å²) < 4.78 is 0. The highest BCUT2D eigenvalue weighted by molar-refractivity contribution is 5.95. The molecule has 14 heavy (non-hydrogen) atoms. The third kappa shape index (κ3) is 1.48. The minimum atomic E-state index is -0.0440. The number of fused-ring (bicyclic) bond motifs is 1. The maximum Gasteiger partial charge on any atom is 0.164 e. The summed E-state index contributed by atoms with van der Waals surface area (Å²) >= 11 is 0. The summed E-state index contributed by atoms with van der Waals surface area (Å²) in [6.45, 7) is 3.53. The molecular formula is C12H13NO. The second-order valence-electron chi connectivity index (χ2n) is 3.60. The number of rotatable bonds is 2. The number of hydrogen-bond acceptors (Lipinski definition) is 2. The maximum atomic E-state index is 11.6. The fourth-order valence-electron chi connectivity index (χ4n) is 2.03. The van der Waals surface area contributed by atoms with Crippen molar-refractivity contribution in [3.05, 3.63) is 42.2 Å². The van der Waals surface area contributed by atoms with Gasteiger partial charge in [0.1, 0.15) is 0 Å². The Morgan fingerprint density at radius 2 is 2.50 bits per heavy atom. The Bertz CT molecular complexity index is 370. The van der Waals surface area contributed by atoms with E-state index in [-0.39, 0.29) is 11.7 Å². The second-order valence-corrected chi connectivity index (χ2v) is 3.60. The lowest BCUT2D eigenvalue weighted by Gasteiger charge is -2.21. The molecule has 1 unspecified atom stereocenters. The Balaban J connectivity index is 2.40. The maximum absolute atomic E-state index is 11.6. The van der Waals surface area contributed by atoms with E-state index in [4.69, 9.17) is 0 Å². The predicted octanol–water partition coefficient (Wildman–Crippen LogP) is 2.26. The molecule has 0 N–H and O–H groups in total. The largest absolute Gasteiger partial charge is 0.294 e. The Hall–Kier alpha value is -1.44. The van der Waals surface area contributed by atoms with Crippen molar-refractivity contribution in [1.82, 2.24) is 4.98 Å². The van der Waals surface area contributed by atoms with Crippen molar-refractivity contribution in [2.45, 2.75) is 25.2 Å². The quantitative estimate of drug-likeness (QED) is 0.665. The third-order valence-electron chi connectivity index (χ3n) is 2.74. The van der Waals surface area contributed by atoms with Crippen LogP contribution in [0, 0.1) is 0 Å². The van der Waals surface area contributed by atoms with Gasteiger partial charge in [0.2, 0.25) is 0 Å². The van der Waals surface area contributed by atoms with Crippen molar-refractivity contribution in [2.24, 2.45) is 0 Å². The van der Waals surface area contributed by atoms with Crippen molar-refractivity contribution in [2.75, 3.05) is 0 Å². The van der Waals surface area contributed by atoms with Crippen LogP contribution < -0.4 is 0 Å². The van der Waals surface area contributed by atoms with E-state index in [0.29, 0.717) is 0 Å². The first-order chi connectivity index (χ1) is 6.83. The van der Waals surface area contributed by atoms with E-state index in [1.54, 1.807) is 6.20 Å². The number of carbonyl (C=O) groups is 1. The third-order valence-corrected chi connectivity index (χ3v) is 2.74. The van der Waals surface area contributed by atoms with Crippen LogP contribution in [-0.4, -0.2) is 10.8 Å². The van der Waals surface area contributed by atoms with E-state index in [1.165, 1.54) is 11.6 Å². The molecule has 0 saturated carbocycles. The first kappa shape index (κ1) is 9.13. The summed E-state index contributed by atoms with van der Waals surface area (Å²) in [7, 11) is 0. The standard InChI is InChI=1S/C12H13NO/c1-2-11(14)10-7-3-5-9-6-4-8-13-12(9)10/h2,4,6,8,10H,1,3,5,7H2. The van der Waals surface area contributed by atoms with Crippen molar-refractivity contribution in [1.29, 1.82) is 0 Å². The molecule has 1 aliphatic carbocycles. The lowest BCUT2D eigenvalue weighted by atomic mass is 9.84. The molecule has 0 radical (unpaired) electrons. The average molecular weight is 187 g/mol. The molecule has 1 aromatic rings. The molecular weight excluding hydrogens is 174 g/mol. The minimum Gasteiger partial charge on any atom is -0.294 e. The molecule has 0 bridgehead atoms. The highest BCUT2D eigenvalue weighted by Gasteiger charge is 2.25. The SMILES string of the molecule is C=CC(=O)C1CCCc2cccnc21. The van der Waals surface area contributed by atoms with Gasteiger partial charge in [-0.25, -0.2) is 0 Å². The van der Waals surface area contributed by atoms with E-state index in [2.05, 4.69) is 17.6 Å². The van der Waals surface area contributed by atoms with Gasteiger partial charge in [0.15, 0.2) is 5.78 Å². The van der Waals surface area contributed by atoms with E-state index in [0.717, 1.165) is 25.0 Å². The summed E-state index contributed by atoms with van der Waals surface area (Å²) in [5.74, 6) is 0.0575. The van der Waals surface area contributed by atoms with Gasteiger partial charge in [0.25, 0.3) is 0 Å². The van der Waals surface area contributed by atoms with E-state index in [9.17, 15) is 4.79 Å². The molecule has 0 aromatic carbocycles. The van der Waals surface area contributed by atoms with Gasteiger partial charge in [-0.2, -0.15) is 0 Å². The molecule has 72 valence electrons. The number of pyridine rings is 1. The van der Waals surface area contributed by atoms with Gasteiger partial charge >= 0.3 is 0 Å². The van der Waals surface area contributed by atoms with E-state index >= 15 is 0 Å². The lowest BCUT2D eigenvalue weighted by molar-refractivity contribution is -0.116. The van der Waals surface area contributed by atoms with Crippen LogP contribution in [0.15, 0.2) is 31.0 Å². The molecule has 2 nitrogen and oxygen atoms in total. The van der Waals surface area contributed by atoms with E-state index in [1.807, 2.05) is 6.07 Å². The van der Waals surface area contributed by atoms with Crippen LogP contribution in [0.1, 0.15) is 30.0 Å². The molecule has 0 saturated heterocycles. The minimum absolute atomic E-state index is 0.0440. The highest BCUT2D eigenvalue weighted by Crippen LogP contribution is 2.30. The van der Waals surface area contributed by atoms with Gasteiger partial charge < -0.3 is 0 Å². The molecule has 0 fully saturated rings. The molecule has 0 amide bonds. The number of ketones is 1. The fraction of sp³-hybridized carbons (Fsp3) is 0.333. The van der Waals surface area contributed by atoms with Gasteiger partial charge in [-0.15, -0.1) is 0 Å². The smallest absolute Gasteiger partial charge is 0.164 e. The van der Waals surface area contributed by atoms with Gasteiger partial charge in [0, 0.05) is 6.20 Å². The second kappa shape index (κ2) is 3.74. The molecule has 2 heteroatoms. The van der Waals surface area contributed by atoms with Crippen molar-refractivity contribution >= 4 is 5.78 Å².